The van der Waals surface area contributed by atoms with E-state index >= 15 is 0 Å². The fourth-order valence-electron chi connectivity index (χ4n) is 1.83. The molecule has 7 heteroatoms. The fraction of sp³-hybridized carbons (Fsp3) is 0. The van der Waals surface area contributed by atoms with E-state index in [-0.39, 0.29) is 5.69 Å². The molecule has 0 spiro atoms. The highest BCUT2D eigenvalue weighted by Gasteiger charge is 2.09. The Labute approximate surface area is 118 Å². The van der Waals surface area contributed by atoms with Gasteiger partial charge in [-0.2, -0.15) is 5.10 Å². The number of hydrogen-bond donors (Lipinski definition) is 1. The predicted molar refractivity (Wildman–Crippen MR) is 71.5 cm³/mol. The van der Waals surface area contributed by atoms with Crippen LogP contribution < -0.4 is 0 Å². The van der Waals surface area contributed by atoms with E-state index in [4.69, 9.17) is 5.11 Å². The quantitative estimate of drug-likeness (QED) is 0.797. The minimum Gasteiger partial charge on any atom is -0.477 e. The van der Waals surface area contributed by atoms with Crippen molar-refractivity contribution < 1.29 is 14.3 Å². The number of carboxylic acids is 1. The lowest BCUT2D eigenvalue weighted by molar-refractivity contribution is 0.0690. The Balaban J connectivity index is 1.98. The Morgan fingerprint density at radius 2 is 2.10 bits per heavy atom. The molecule has 0 saturated heterocycles. The van der Waals surface area contributed by atoms with Gasteiger partial charge >= 0.3 is 5.97 Å². The molecule has 0 fully saturated rings. The average molecular weight is 284 g/mol. The van der Waals surface area contributed by atoms with Crippen LogP contribution in [0.2, 0.25) is 0 Å². The number of halogens is 1. The third kappa shape index (κ3) is 2.62. The number of carboxylic acid groups (broad SMARTS) is 1. The summed E-state index contributed by atoms with van der Waals surface area (Å²) in [5, 5.41) is 13.2. The molecule has 0 atom stereocenters. The van der Waals surface area contributed by atoms with E-state index in [2.05, 4.69) is 15.1 Å². The van der Waals surface area contributed by atoms with Gasteiger partial charge in [-0.15, -0.1) is 0 Å². The van der Waals surface area contributed by atoms with Crippen LogP contribution in [-0.2, 0) is 0 Å². The Hall–Kier alpha value is -3.09. The molecule has 1 N–H and O–H groups in total. The number of aromatic carboxylic acids is 1. The van der Waals surface area contributed by atoms with Crippen molar-refractivity contribution in [3.8, 4) is 17.1 Å². The van der Waals surface area contributed by atoms with Crippen molar-refractivity contribution in [2.24, 2.45) is 0 Å². The molecule has 3 heterocycles. The van der Waals surface area contributed by atoms with Gasteiger partial charge in [0, 0.05) is 18.0 Å². The van der Waals surface area contributed by atoms with Gasteiger partial charge < -0.3 is 5.11 Å². The van der Waals surface area contributed by atoms with Crippen molar-refractivity contribution in [2.75, 3.05) is 0 Å². The first-order valence-electron chi connectivity index (χ1n) is 6.01. The van der Waals surface area contributed by atoms with E-state index in [1.165, 1.54) is 23.0 Å². The summed E-state index contributed by atoms with van der Waals surface area (Å²) in [6, 6.07) is 7.60. The molecule has 0 aliphatic carbocycles. The van der Waals surface area contributed by atoms with Crippen LogP contribution in [-0.4, -0.2) is 30.8 Å². The van der Waals surface area contributed by atoms with Crippen LogP contribution in [0.4, 0.5) is 4.39 Å². The van der Waals surface area contributed by atoms with Gasteiger partial charge in [0.15, 0.2) is 11.5 Å². The second-order valence-electron chi connectivity index (χ2n) is 4.22. The Morgan fingerprint density at radius 1 is 1.24 bits per heavy atom. The highest BCUT2D eigenvalue weighted by molar-refractivity contribution is 5.85. The molecule has 6 nitrogen and oxygen atoms in total. The van der Waals surface area contributed by atoms with Crippen LogP contribution in [0.1, 0.15) is 10.5 Å². The normalized spacial score (nSPS) is 10.5. The number of aromatic nitrogens is 4. The first-order chi connectivity index (χ1) is 10.1. The zero-order valence-electron chi connectivity index (χ0n) is 10.6. The molecule has 0 aliphatic heterocycles. The first-order valence-corrected chi connectivity index (χ1v) is 6.01. The van der Waals surface area contributed by atoms with E-state index in [1.807, 2.05) is 0 Å². The van der Waals surface area contributed by atoms with Crippen LogP contribution in [0.5, 0.6) is 0 Å². The van der Waals surface area contributed by atoms with Crippen molar-refractivity contribution in [3.05, 3.63) is 60.4 Å². The average Bonchev–Trinajstić information content (AvgIpc) is 2.97. The lowest BCUT2D eigenvalue weighted by Crippen LogP contribution is -2.05. The predicted octanol–water partition coefficient (Wildman–Crippen LogP) is 2.17. The minimum absolute atomic E-state index is 0.0722. The van der Waals surface area contributed by atoms with Crippen molar-refractivity contribution >= 4 is 5.97 Å². The van der Waals surface area contributed by atoms with Crippen molar-refractivity contribution in [1.29, 1.82) is 0 Å². The Bertz CT molecular complexity index is 816. The molecule has 0 amide bonds. The van der Waals surface area contributed by atoms with E-state index in [1.54, 1.807) is 24.4 Å². The van der Waals surface area contributed by atoms with Crippen LogP contribution >= 0.6 is 0 Å². The van der Waals surface area contributed by atoms with E-state index < -0.39 is 11.8 Å². The third-order valence-corrected chi connectivity index (χ3v) is 2.78. The molecule has 0 bridgehead atoms. The largest absolute Gasteiger partial charge is 0.477 e. The second-order valence-corrected chi connectivity index (χ2v) is 4.22. The highest BCUT2D eigenvalue weighted by Crippen LogP contribution is 2.17. The van der Waals surface area contributed by atoms with Crippen LogP contribution in [0.15, 0.2) is 48.9 Å². The van der Waals surface area contributed by atoms with Gasteiger partial charge in [0.2, 0.25) is 0 Å². The van der Waals surface area contributed by atoms with Gasteiger partial charge in [-0.05, 0) is 24.3 Å². The van der Waals surface area contributed by atoms with Crippen molar-refractivity contribution in [2.45, 2.75) is 0 Å². The molecule has 21 heavy (non-hydrogen) atoms. The molecule has 0 aromatic carbocycles. The topological polar surface area (TPSA) is 80.9 Å². The second kappa shape index (κ2) is 5.12. The number of carbonyl (C=O) groups is 1. The summed E-state index contributed by atoms with van der Waals surface area (Å²) in [6.45, 7) is 0. The molecular weight excluding hydrogens is 275 g/mol. The summed E-state index contributed by atoms with van der Waals surface area (Å²) in [5.41, 5.74) is 0.977. The summed E-state index contributed by atoms with van der Waals surface area (Å²) in [6.07, 6.45) is 4.23. The van der Waals surface area contributed by atoms with Gasteiger partial charge in [0.1, 0.15) is 5.82 Å². The van der Waals surface area contributed by atoms with Crippen LogP contribution in [0, 0.1) is 5.82 Å². The summed E-state index contributed by atoms with van der Waals surface area (Å²) < 4.78 is 14.6. The number of rotatable bonds is 3. The van der Waals surface area contributed by atoms with E-state index in [0.29, 0.717) is 17.1 Å². The van der Waals surface area contributed by atoms with Crippen molar-refractivity contribution in [1.82, 2.24) is 19.7 Å². The molecule has 0 radical (unpaired) electrons. The van der Waals surface area contributed by atoms with Gasteiger partial charge in [0.05, 0.1) is 11.9 Å². The van der Waals surface area contributed by atoms with Crippen LogP contribution in [0.25, 0.3) is 17.1 Å². The van der Waals surface area contributed by atoms with E-state index in [0.717, 1.165) is 6.20 Å². The molecule has 3 aromatic rings. The first kappa shape index (κ1) is 12.9. The summed E-state index contributed by atoms with van der Waals surface area (Å²) >= 11 is 0. The lowest BCUT2D eigenvalue weighted by atomic mass is 10.2. The SMILES string of the molecule is O=C(O)c1cccc(-n2ccc(-c3cncc(F)c3)n2)n1. The number of pyridine rings is 2. The lowest BCUT2D eigenvalue weighted by Gasteiger charge is -2.01. The molecule has 3 rings (SSSR count). The standard InChI is InChI=1S/C14H9FN4O2/c15-10-6-9(7-16-8-10)11-4-5-19(18-11)13-3-1-2-12(17-13)14(20)21/h1-8H,(H,20,21). The van der Waals surface area contributed by atoms with Gasteiger partial charge in [-0.1, -0.05) is 6.07 Å². The molecule has 0 aliphatic rings. The summed E-state index contributed by atoms with van der Waals surface area (Å²) in [4.78, 5) is 18.6. The molecule has 0 saturated carbocycles. The molecule has 0 unspecified atom stereocenters. The fourth-order valence-corrected chi connectivity index (χ4v) is 1.83. The highest BCUT2D eigenvalue weighted by atomic mass is 19.1. The van der Waals surface area contributed by atoms with Gasteiger partial charge in [-0.3, -0.25) is 4.98 Å². The third-order valence-electron chi connectivity index (χ3n) is 2.78. The van der Waals surface area contributed by atoms with Gasteiger partial charge in [0.25, 0.3) is 0 Å². The maximum absolute atomic E-state index is 13.1. The number of nitrogens with zero attached hydrogens (tertiary/aromatic N) is 4. The Kier molecular flexibility index (Phi) is 3.15. The zero-order chi connectivity index (χ0) is 14.8. The summed E-state index contributed by atoms with van der Waals surface area (Å²) in [7, 11) is 0. The smallest absolute Gasteiger partial charge is 0.354 e. The maximum Gasteiger partial charge on any atom is 0.354 e. The Morgan fingerprint density at radius 3 is 2.86 bits per heavy atom. The zero-order valence-corrected chi connectivity index (χ0v) is 10.6. The molecule has 3 aromatic heterocycles. The molecular formula is C14H9FN4O2. The van der Waals surface area contributed by atoms with Crippen LogP contribution in [0.3, 0.4) is 0 Å². The molecule has 104 valence electrons. The minimum atomic E-state index is -1.11. The monoisotopic (exact) mass is 284 g/mol. The van der Waals surface area contributed by atoms with Crippen molar-refractivity contribution in [3.63, 3.8) is 0 Å². The van der Waals surface area contributed by atoms with Gasteiger partial charge in [-0.25, -0.2) is 18.9 Å². The van der Waals surface area contributed by atoms with E-state index in [9.17, 15) is 9.18 Å². The number of hydrogen-bond acceptors (Lipinski definition) is 4. The maximum atomic E-state index is 13.1. The summed E-state index contributed by atoms with van der Waals surface area (Å²) in [5.74, 6) is -1.20.